The van der Waals surface area contributed by atoms with Crippen LogP contribution in [0.25, 0.3) is 23.3 Å². The van der Waals surface area contributed by atoms with Crippen LogP contribution in [0.5, 0.6) is 0 Å². The maximum Gasteiger partial charge on any atom is 0.145 e. The summed E-state index contributed by atoms with van der Waals surface area (Å²) < 4.78 is 0. The molecule has 0 saturated heterocycles. The van der Waals surface area contributed by atoms with Crippen molar-refractivity contribution < 1.29 is 4.79 Å². The number of carbonyl (C=O) groups is 1. The molecule has 2 aromatic rings. The lowest BCUT2D eigenvalue weighted by molar-refractivity contribution is -0.104. The third-order valence-electron chi connectivity index (χ3n) is 5.30. The maximum absolute atomic E-state index is 10.9. The number of hydrogen-bond donors (Lipinski definition) is 0. The Labute approximate surface area is 156 Å². The molecule has 0 aromatic heterocycles. The first-order valence-electron chi connectivity index (χ1n) is 9.10. The molecular formula is C25H26O. The van der Waals surface area contributed by atoms with Crippen LogP contribution in [0.2, 0.25) is 0 Å². The molecule has 0 radical (unpaired) electrons. The summed E-state index contributed by atoms with van der Waals surface area (Å²) in [6, 6.07) is 13.2. The highest BCUT2D eigenvalue weighted by Gasteiger charge is 2.35. The molecule has 1 aliphatic carbocycles. The van der Waals surface area contributed by atoms with E-state index in [1.165, 1.54) is 33.4 Å². The molecule has 2 aromatic carbocycles. The Balaban J connectivity index is 2.09. The van der Waals surface area contributed by atoms with Crippen molar-refractivity contribution in [2.45, 2.75) is 40.0 Å². The monoisotopic (exact) mass is 342 g/mol. The molecule has 0 fully saturated rings. The number of carbonyl (C=O) groups excluding carboxylic acids is 1. The van der Waals surface area contributed by atoms with E-state index >= 15 is 0 Å². The SMILES string of the molecule is C/C=C(C)\C=C/c1ccc2c(c1)C(C)(C)c1ccc(/C=C(\C)C=O)cc1-2. The minimum Gasteiger partial charge on any atom is -0.298 e. The number of rotatable bonds is 4. The zero-order valence-corrected chi connectivity index (χ0v) is 16.3. The zero-order valence-electron chi connectivity index (χ0n) is 16.3. The molecule has 0 amide bonds. The van der Waals surface area contributed by atoms with Gasteiger partial charge in [-0.25, -0.2) is 0 Å². The predicted molar refractivity (Wildman–Crippen MR) is 112 cm³/mol. The van der Waals surface area contributed by atoms with Gasteiger partial charge in [-0.05, 0) is 71.9 Å². The molecule has 1 nitrogen and oxygen atoms in total. The summed E-state index contributed by atoms with van der Waals surface area (Å²) in [4.78, 5) is 10.9. The van der Waals surface area contributed by atoms with Gasteiger partial charge in [0.15, 0.2) is 0 Å². The number of hydrogen-bond acceptors (Lipinski definition) is 1. The van der Waals surface area contributed by atoms with E-state index in [0.717, 1.165) is 17.4 Å². The highest BCUT2D eigenvalue weighted by atomic mass is 16.1. The van der Waals surface area contributed by atoms with Gasteiger partial charge in [-0.2, -0.15) is 0 Å². The molecule has 0 unspecified atom stereocenters. The van der Waals surface area contributed by atoms with Crippen LogP contribution in [0.1, 0.15) is 56.9 Å². The van der Waals surface area contributed by atoms with Gasteiger partial charge in [-0.1, -0.05) is 68.0 Å². The molecule has 0 saturated carbocycles. The van der Waals surface area contributed by atoms with E-state index in [1.807, 2.05) is 13.0 Å². The molecule has 0 N–H and O–H groups in total. The van der Waals surface area contributed by atoms with Crippen molar-refractivity contribution >= 4 is 18.4 Å². The molecule has 1 heteroatoms. The second-order valence-corrected chi connectivity index (χ2v) is 7.61. The fourth-order valence-electron chi connectivity index (χ4n) is 3.60. The van der Waals surface area contributed by atoms with Gasteiger partial charge in [-0.3, -0.25) is 4.79 Å². The molecule has 0 aliphatic heterocycles. The van der Waals surface area contributed by atoms with E-state index in [-0.39, 0.29) is 5.41 Å². The van der Waals surface area contributed by atoms with Crippen LogP contribution in [0.4, 0.5) is 0 Å². The van der Waals surface area contributed by atoms with Crippen molar-refractivity contribution in [3.8, 4) is 11.1 Å². The van der Waals surface area contributed by atoms with Crippen LogP contribution in [-0.4, -0.2) is 6.29 Å². The van der Waals surface area contributed by atoms with Gasteiger partial charge in [0, 0.05) is 5.41 Å². The lowest BCUT2D eigenvalue weighted by Crippen LogP contribution is -2.15. The first kappa shape index (κ1) is 18.1. The van der Waals surface area contributed by atoms with E-state index in [0.29, 0.717) is 0 Å². The van der Waals surface area contributed by atoms with Crippen LogP contribution < -0.4 is 0 Å². The van der Waals surface area contributed by atoms with Gasteiger partial charge in [-0.15, -0.1) is 0 Å². The average Bonchev–Trinajstić information content (AvgIpc) is 2.86. The van der Waals surface area contributed by atoms with Crippen molar-refractivity contribution in [3.05, 3.63) is 82.0 Å². The van der Waals surface area contributed by atoms with E-state index in [9.17, 15) is 4.79 Å². The lowest BCUT2D eigenvalue weighted by atomic mass is 9.82. The molecule has 3 rings (SSSR count). The Morgan fingerprint density at radius 1 is 0.885 bits per heavy atom. The summed E-state index contributed by atoms with van der Waals surface area (Å²) in [5, 5.41) is 0. The third kappa shape index (κ3) is 3.22. The Morgan fingerprint density at radius 2 is 1.62 bits per heavy atom. The van der Waals surface area contributed by atoms with Crippen LogP contribution in [-0.2, 0) is 10.2 Å². The fraction of sp³-hybridized carbons (Fsp3) is 0.240. The maximum atomic E-state index is 10.9. The van der Waals surface area contributed by atoms with Crippen molar-refractivity contribution in [2.24, 2.45) is 0 Å². The minimum atomic E-state index is -0.0217. The van der Waals surface area contributed by atoms with E-state index in [2.05, 4.69) is 82.3 Å². The van der Waals surface area contributed by atoms with Gasteiger partial charge in [0.25, 0.3) is 0 Å². The highest BCUT2D eigenvalue weighted by molar-refractivity contribution is 5.86. The zero-order chi connectivity index (χ0) is 18.9. The van der Waals surface area contributed by atoms with Crippen molar-refractivity contribution in [3.63, 3.8) is 0 Å². The highest BCUT2D eigenvalue weighted by Crippen LogP contribution is 2.49. The summed E-state index contributed by atoms with van der Waals surface area (Å²) in [7, 11) is 0. The lowest BCUT2D eigenvalue weighted by Gasteiger charge is -2.21. The fourth-order valence-corrected chi connectivity index (χ4v) is 3.60. The average molecular weight is 342 g/mol. The topological polar surface area (TPSA) is 17.1 Å². The number of benzene rings is 2. The van der Waals surface area contributed by atoms with E-state index < -0.39 is 0 Å². The van der Waals surface area contributed by atoms with Gasteiger partial charge in [0.05, 0.1) is 0 Å². The summed E-state index contributed by atoms with van der Waals surface area (Å²) in [6.45, 7) is 10.6. The number of aldehydes is 1. The smallest absolute Gasteiger partial charge is 0.145 e. The standard InChI is InChI=1S/C25H26O/c1-6-17(2)7-8-19-9-11-21-22-14-20(13-18(3)16-26)10-12-23(22)25(4,5)24(21)15-19/h6-16H,1-5H3/b8-7-,17-6-,18-13+. The second-order valence-electron chi connectivity index (χ2n) is 7.61. The van der Waals surface area contributed by atoms with E-state index in [1.54, 1.807) is 0 Å². The van der Waals surface area contributed by atoms with Gasteiger partial charge >= 0.3 is 0 Å². The first-order valence-corrected chi connectivity index (χ1v) is 9.10. The Bertz CT molecular complexity index is 952. The quantitative estimate of drug-likeness (QED) is 0.349. The Hall–Kier alpha value is -2.67. The predicted octanol–water partition coefficient (Wildman–Crippen LogP) is 6.57. The molecular weight excluding hydrogens is 316 g/mol. The minimum absolute atomic E-state index is 0.0217. The van der Waals surface area contributed by atoms with E-state index in [4.69, 9.17) is 0 Å². The first-order chi connectivity index (χ1) is 12.4. The van der Waals surface area contributed by atoms with Crippen molar-refractivity contribution in [1.82, 2.24) is 0 Å². The third-order valence-corrected chi connectivity index (χ3v) is 5.30. The number of fused-ring (bicyclic) bond motifs is 3. The molecule has 0 spiro atoms. The molecule has 1 aliphatic rings. The molecule has 0 atom stereocenters. The van der Waals surface area contributed by atoms with Gasteiger partial charge in [0.1, 0.15) is 6.29 Å². The van der Waals surface area contributed by atoms with Crippen LogP contribution >= 0.6 is 0 Å². The largest absolute Gasteiger partial charge is 0.298 e. The Kier molecular flexibility index (Phi) is 4.82. The van der Waals surface area contributed by atoms with Crippen molar-refractivity contribution in [2.75, 3.05) is 0 Å². The van der Waals surface area contributed by atoms with Crippen molar-refractivity contribution in [1.29, 1.82) is 0 Å². The normalized spacial score (nSPS) is 15.9. The molecule has 132 valence electrons. The van der Waals surface area contributed by atoms with Crippen LogP contribution in [0.3, 0.4) is 0 Å². The second kappa shape index (κ2) is 6.92. The van der Waals surface area contributed by atoms with Crippen LogP contribution in [0.15, 0.2) is 59.7 Å². The number of allylic oxidation sites excluding steroid dienone is 4. The molecule has 0 heterocycles. The molecule has 0 bridgehead atoms. The summed E-state index contributed by atoms with van der Waals surface area (Å²) in [6.07, 6.45) is 9.28. The van der Waals surface area contributed by atoms with Gasteiger partial charge < -0.3 is 0 Å². The molecule has 26 heavy (non-hydrogen) atoms. The summed E-state index contributed by atoms with van der Waals surface area (Å²) in [5.74, 6) is 0. The van der Waals surface area contributed by atoms with Gasteiger partial charge in [0.2, 0.25) is 0 Å². The summed E-state index contributed by atoms with van der Waals surface area (Å²) in [5.41, 5.74) is 9.55. The van der Waals surface area contributed by atoms with Crippen LogP contribution in [0, 0.1) is 0 Å². The summed E-state index contributed by atoms with van der Waals surface area (Å²) >= 11 is 0. The Morgan fingerprint density at radius 3 is 2.31 bits per heavy atom.